The van der Waals surface area contributed by atoms with E-state index in [1.165, 1.54) is 11.1 Å². The summed E-state index contributed by atoms with van der Waals surface area (Å²) in [6, 6.07) is 21.3. The fraction of sp³-hybridized carbons (Fsp3) is 0.333. The Hall–Kier alpha value is -2.34. The highest BCUT2D eigenvalue weighted by molar-refractivity contribution is 7.92. The Kier molecular flexibility index (Phi) is 5.76. The standard InChI is InChI=1S/C27H29ClN2O2S/c1-19-7-8-21(20(2)17-19)18-30-25-6-4-3-5-24(25)27(13-15-29-16-14-27)26(30)33(31,32)23-11-9-22(28)10-12-23/h3-12,17,26,29H,13-16,18H2,1-2H3/t26-/m1/s1. The quantitative estimate of drug-likeness (QED) is 0.543. The third-order valence-electron chi connectivity index (χ3n) is 7.28. The molecule has 2 aliphatic rings. The van der Waals surface area contributed by atoms with Gasteiger partial charge in [-0.2, -0.15) is 0 Å². The van der Waals surface area contributed by atoms with Gasteiger partial charge in [0, 0.05) is 22.7 Å². The van der Waals surface area contributed by atoms with Crippen LogP contribution in [0.2, 0.25) is 5.02 Å². The molecule has 0 aromatic heterocycles. The number of nitrogens with one attached hydrogen (secondary N) is 1. The van der Waals surface area contributed by atoms with Crippen molar-refractivity contribution in [1.82, 2.24) is 5.32 Å². The Morgan fingerprint density at radius 3 is 2.39 bits per heavy atom. The van der Waals surface area contributed by atoms with E-state index < -0.39 is 20.6 Å². The fourth-order valence-electron chi connectivity index (χ4n) is 5.68. The van der Waals surface area contributed by atoms with Gasteiger partial charge in [-0.25, -0.2) is 8.42 Å². The van der Waals surface area contributed by atoms with Crippen LogP contribution in [0.3, 0.4) is 0 Å². The summed E-state index contributed by atoms with van der Waals surface area (Å²) in [5, 5.41) is 3.30. The van der Waals surface area contributed by atoms with Crippen LogP contribution in [0.4, 0.5) is 5.69 Å². The molecule has 2 heterocycles. The molecule has 0 radical (unpaired) electrons. The molecule has 0 unspecified atom stereocenters. The number of nitrogens with zero attached hydrogens (tertiary/aromatic N) is 1. The van der Waals surface area contributed by atoms with Crippen molar-refractivity contribution in [3.8, 4) is 0 Å². The number of rotatable bonds is 4. The van der Waals surface area contributed by atoms with Crippen molar-refractivity contribution in [3.63, 3.8) is 0 Å². The first-order valence-corrected chi connectivity index (χ1v) is 13.4. The average Bonchev–Trinajstić information content (AvgIpc) is 3.06. The monoisotopic (exact) mass is 480 g/mol. The lowest BCUT2D eigenvalue weighted by Crippen LogP contribution is -2.54. The molecule has 1 saturated heterocycles. The first-order valence-electron chi connectivity index (χ1n) is 11.5. The van der Waals surface area contributed by atoms with E-state index in [4.69, 9.17) is 11.6 Å². The molecule has 1 N–H and O–H groups in total. The number of aryl methyl sites for hydroxylation is 2. The van der Waals surface area contributed by atoms with E-state index in [2.05, 4.69) is 54.4 Å². The molecule has 2 aliphatic heterocycles. The van der Waals surface area contributed by atoms with Crippen LogP contribution in [-0.2, 0) is 21.8 Å². The van der Waals surface area contributed by atoms with Gasteiger partial charge in [-0.1, -0.05) is 53.6 Å². The highest BCUT2D eigenvalue weighted by atomic mass is 35.5. The second kappa shape index (κ2) is 8.46. The molecule has 1 atom stereocenters. The van der Waals surface area contributed by atoms with E-state index in [0.29, 0.717) is 16.5 Å². The lowest BCUT2D eigenvalue weighted by Gasteiger charge is -2.41. The number of fused-ring (bicyclic) bond motifs is 2. The highest BCUT2D eigenvalue weighted by Crippen LogP contribution is 2.53. The molecule has 172 valence electrons. The second-order valence-corrected chi connectivity index (χ2v) is 11.8. The van der Waals surface area contributed by atoms with Gasteiger partial charge in [0.15, 0.2) is 9.84 Å². The molecule has 0 saturated carbocycles. The Labute approximate surface area is 201 Å². The molecule has 33 heavy (non-hydrogen) atoms. The molecule has 4 nitrogen and oxygen atoms in total. The predicted octanol–water partition coefficient (Wildman–Crippen LogP) is 5.40. The van der Waals surface area contributed by atoms with Crippen molar-refractivity contribution in [1.29, 1.82) is 0 Å². The number of piperidine rings is 1. The smallest absolute Gasteiger partial charge is 0.200 e. The summed E-state index contributed by atoms with van der Waals surface area (Å²) in [5.41, 5.74) is 5.26. The van der Waals surface area contributed by atoms with Crippen molar-refractivity contribution in [3.05, 3.63) is 94.0 Å². The van der Waals surface area contributed by atoms with Crippen molar-refractivity contribution < 1.29 is 8.42 Å². The molecular weight excluding hydrogens is 452 g/mol. The largest absolute Gasteiger partial charge is 0.349 e. The van der Waals surface area contributed by atoms with Crippen molar-refractivity contribution in [2.24, 2.45) is 0 Å². The first-order chi connectivity index (χ1) is 15.8. The number of para-hydroxylation sites is 1. The van der Waals surface area contributed by atoms with Gasteiger partial charge in [0.1, 0.15) is 5.37 Å². The molecule has 6 heteroatoms. The third-order valence-corrected chi connectivity index (χ3v) is 9.75. The molecular formula is C27H29ClN2O2S. The second-order valence-electron chi connectivity index (χ2n) is 9.33. The molecule has 0 amide bonds. The minimum atomic E-state index is -3.68. The van der Waals surface area contributed by atoms with E-state index >= 15 is 0 Å². The number of hydrogen-bond acceptors (Lipinski definition) is 4. The summed E-state index contributed by atoms with van der Waals surface area (Å²) in [7, 11) is -3.68. The van der Waals surface area contributed by atoms with Crippen molar-refractivity contribution in [2.75, 3.05) is 18.0 Å². The molecule has 0 bridgehead atoms. The van der Waals surface area contributed by atoms with E-state index in [-0.39, 0.29) is 0 Å². The van der Waals surface area contributed by atoms with Gasteiger partial charge >= 0.3 is 0 Å². The maximum absolute atomic E-state index is 14.3. The van der Waals surface area contributed by atoms with Gasteiger partial charge in [0.25, 0.3) is 0 Å². The van der Waals surface area contributed by atoms with E-state index in [1.807, 2.05) is 12.1 Å². The SMILES string of the molecule is Cc1ccc(CN2c3ccccc3C3(CCNCC3)[C@H]2S(=O)(=O)c2ccc(Cl)cc2)c(C)c1. The number of halogens is 1. The summed E-state index contributed by atoms with van der Waals surface area (Å²) in [6.07, 6.45) is 1.57. The third kappa shape index (κ3) is 3.76. The van der Waals surface area contributed by atoms with Crippen molar-refractivity contribution in [2.45, 2.75) is 48.9 Å². The van der Waals surface area contributed by atoms with Gasteiger partial charge in [-0.05, 0) is 86.8 Å². The molecule has 3 aromatic carbocycles. The topological polar surface area (TPSA) is 49.4 Å². The Bertz CT molecular complexity index is 1280. The number of sulfone groups is 1. The maximum atomic E-state index is 14.3. The Morgan fingerprint density at radius 2 is 1.70 bits per heavy atom. The molecule has 5 rings (SSSR count). The normalized spacial score (nSPS) is 19.6. The molecule has 1 fully saturated rings. The first kappa shape index (κ1) is 22.5. The minimum Gasteiger partial charge on any atom is -0.349 e. The summed E-state index contributed by atoms with van der Waals surface area (Å²) >= 11 is 6.09. The van der Waals surface area contributed by atoms with Crippen LogP contribution in [0, 0.1) is 13.8 Å². The zero-order valence-corrected chi connectivity index (χ0v) is 20.6. The number of hydrogen-bond donors (Lipinski definition) is 1. The zero-order valence-electron chi connectivity index (χ0n) is 19.0. The van der Waals surface area contributed by atoms with E-state index in [0.717, 1.165) is 42.7 Å². The zero-order chi connectivity index (χ0) is 23.2. The van der Waals surface area contributed by atoms with Gasteiger partial charge in [-0.15, -0.1) is 0 Å². The minimum absolute atomic E-state index is 0.327. The predicted molar refractivity (Wildman–Crippen MR) is 135 cm³/mol. The van der Waals surface area contributed by atoms with Gasteiger partial charge in [-0.3, -0.25) is 0 Å². The molecule has 3 aromatic rings. The fourth-order valence-corrected chi connectivity index (χ4v) is 8.06. The summed E-state index contributed by atoms with van der Waals surface area (Å²) in [5.74, 6) is 0. The lowest BCUT2D eigenvalue weighted by molar-refractivity contribution is 0.302. The van der Waals surface area contributed by atoms with Crippen LogP contribution < -0.4 is 10.2 Å². The number of benzene rings is 3. The van der Waals surface area contributed by atoms with Crippen LogP contribution in [0.5, 0.6) is 0 Å². The van der Waals surface area contributed by atoms with Crippen LogP contribution in [0.25, 0.3) is 0 Å². The van der Waals surface area contributed by atoms with Crippen LogP contribution >= 0.6 is 11.6 Å². The Morgan fingerprint density at radius 1 is 1.00 bits per heavy atom. The summed E-state index contributed by atoms with van der Waals surface area (Å²) in [6.45, 7) is 6.35. The lowest BCUT2D eigenvalue weighted by atomic mass is 9.74. The van der Waals surface area contributed by atoms with Crippen LogP contribution in [-0.4, -0.2) is 26.9 Å². The number of anilines is 1. The Balaban J connectivity index is 1.70. The van der Waals surface area contributed by atoms with Crippen LogP contribution in [0.1, 0.15) is 35.1 Å². The van der Waals surface area contributed by atoms with E-state index in [1.54, 1.807) is 24.3 Å². The molecule has 0 aliphatic carbocycles. The average molecular weight is 481 g/mol. The van der Waals surface area contributed by atoms with E-state index in [9.17, 15) is 8.42 Å². The van der Waals surface area contributed by atoms with Crippen LogP contribution in [0.15, 0.2) is 71.6 Å². The van der Waals surface area contributed by atoms with Gasteiger partial charge in [0.2, 0.25) is 0 Å². The highest BCUT2D eigenvalue weighted by Gasteiger charge is 2.57. The summed E-state index contributed by atoms with van der Waals surface area (Å²) in [4.78, 5) is 2.47. The summed E-state index contributed by atoms with van der Waals surface area (Å²) < 4.78 is 28.6. The van der Waals surface area contributed by atoms with Crippen molar-refractivity contribution >= 4 is 27.1 Å². The van der Waals surface area contributed by atoms with Gasteiger partial charge in [0.05, 0.1) is 4.90 Å². The maximum Gasteiger partial charge on any atom is 0.200 e. The van der Waals surface area contributed by atoms with Gasteiger partial charge < -0.3 is 10.2 Å². The molecule has 1 spiro atoms.